The van der Waals surface area contributed by atoms with Crippen LogP contribution in [0.5, 0.6) is 0 Å². The minimum absolute atomic E-state index is 0.00298. The van der Waals surface area contributed by atoms with E-state index in [4.69, 9.17) is 9.47 Å². The SMILES string of the molecule is CC1CCC2(CC1)NC(=O)N(NC(=O)[C@@H](C)OC[C@H]1CCCCO1)C2=O. The molecule has 0 radical (unpaired) electrons. The molecule has 2 heterocycles. The lowest BCUT2D eigenvalue weighted by atomic mass is 9.77. The van der Waals surface area contributed by atoms with E-state index in [9.17, 15) is 14.4 Å². The molecule has 2 saturated heterocycles. The summed E-state index contributed by atoms with van der Waals surface area (Å²) in [4.78, 5) is 37.3. The molecule has 1 spiro atoms. The Balaban J connectivity index is 1.51. The third-order valence-corrected chi connectivity index (χ3v) is 5.69. The summed E-state index contributed by atoms with van der Waals surface area (Å²) >= 11 is 0. The van der Waals surface area contributed by atoms with Crippen molar-refractivity contribution >= 4 is 17.8 Å². The zero-order valence-corrected chi connectivity index (χ0v) is 15.6. The Morgan fingerprint density at radius 1 is 1.35 bits per heavy atom. The van der Waals surface area contributed by atoms with Gasteiger partial charge >= 0.3 is 6.03 Å². The molecule has 3 fully saturated rings. The summed E-state index contributed by atoms with van der Waals surface area (Å²) in [6.45, 7) is 4.80. The van der Waals surface area contributed by atoms with Crippen LogP contribution in [0.25, 0.3) is 0 Å². The van der Waals surface area contributed by atoms with Gasteiger partial charge in [0.25, 0.3) is 11.8 Å². The molecule has 4 amide bonds. The Bertz CT molecular complexity index is 553. The topological polar surface area (TPSA) is 97.0 Å². The molecule has 0 aromatic rings. The predicted octanol–water partition coefficient (Wildman–Crippen LogP) is 1.49. The number of ether oxygens (including phenoxy) is 2. The molecule has 2 aliphatic heterocycles. The van der Waals surface area contributed by atoms with Crippen molar-refractivity contribution in [1.29, 1.82) is 0 Å². The van der Waals surface area contributed by atoms with Crippen LogP contribution in [-0.2, 0) is 19.1 Å². The second-order valence-corrected chi connectivity index (χ2v) is 7.78. The molecule has 2 atom stereocenters. The van der Waals surface area contributed by atoms with Crippen LogP contribution < -0.4 is 10.7 Å². The van der Waals surface area contributed by atoms with Crippen molar-refractivity contribution in [3.05, 3.63) is 0 Å². The molecule has 8 nitrogen and oxygen atoms in total. The van der Waals surface area contributed by atoms with Gasteiger partial charge in [-0.25, -0.2) is 4.79 Å². The number of hydrogen-bond donors (Lipinski definition) is 2. The largest absolute Gasteiger partial charge is 0.376 e. The van der Waals surface area contributed by atoms with Gasteiger partial charge in [0.05, 0.1) is 12.7 Å². The molecule has 3 aliphatic rings. The van der Waals surface area contributed by atoms with E-state index in [0.29, 0.717) is 25.4 Å². The van der Waals surface area contributed by atoms with Crippen LogP contribution >= 0.6 is 0 Å². The Labute approximate surface area is 153 Å². The van der Waals surface area contributed by atoms with Crippen molar-refractivity contribution in [1.82, 2.24) is 15.8 Å². The van der Waals surface area contributed by atoms with Crippen molar-refractivity contribution in [2.24, 2.45) is 5.92 Å². The summed E-state index contributed by atoms with van der Waals surface area (Å²) in [6, 6.07) is -0.569. The number of amides is 4. The molecule has 146 valence electrons. The fraction of sp³-hybridized carbons (Fsp3) is 0.833. The van der Waals surface area contributed by atoms with Gasteiger partial charge in [-0.1, -0.05) is 6.92 Å². The van der Waals surface area contributed by atoms with Crippen LogP contribution in [-0.4, -0.2) is 53.8 Å². The average molecular weight is 367 g/mol. The number of carbonyl (C=O) groups is 3. The molecule has 2 N–H and O–H groups in total. The maximum absolute atomic E-state index is 12.7. The zero-order chi connectivity index (χ0) is 18.7. The monoisotopic (exact) mass is 367 g/mol. The van der Waals surface area contributed by atoms with Crippen LogP contribution in [0.3, 0.4) is 0 Å². The lowest BCUT2D eigenvalue weighted by molar-refractivity contribution is -0.146. The summed E-state index contributed by atoms with van der Waals surface area (Å²) in [6.07, 6.45) is 5.28. The van der Waals surface area contributed by atoms with Gasteiger partial charge in [0.1, 0.15) is 11.6 Å². The quantitative estimate of drug-likeness (QED) is 0.718. The Hall–Kier alpha value is -1.67. The number of carbonyl (C=O) groups excluding carboxylic acids is 3. The first-order chi connectivity index (χ1) is 12.4. The number of urea groups is 1. The van der Waals surface area contributed by atoms with Crippen molar-refractivity contribution in [2.45, 2.75) is 76.5 Å². The van der Waals surface area contributed by atoms with E-state index in [1.807, 2.05) is 0 Å². The van der Waals surface area contributed by atoms with Gasteiger partial charge in [-0.15, -0.1) is 0 Å². The molecule has 1 saturated carbocycles. The van der Waals surface area contributed by atoms with Gasteiger partial charge in [0.15, 0.2) is 0 Å². The third-order valence-electron chi connectivity index (χ3n) is 5.69. The minimum Gasteiger partial charge on any atom is -0.376 e. The van der Waals surface area contributed by atoms with Crippen LogP contribution in [0.1, 0.15) is 58.8 Å². The van der Waals surface area contributed by atoms with Crippen LogP contribution in [0.15, 0.2) is 0 Å². The summed E-state index contributed by atoms with van der Waals surface area (Å²) in [5.41, 5.74) is 1.55. The summed E-state index contributed by atoms with van der Waals surface area (Å²) in [5.74, 6) is -0.333. The van der Waals surface area contributed by atoms with Gasteiger partial charge in [-0.3, -0.25) is 15.0 Å². The van der Waals surface area contributed by atoms with Crippen LogP contribution in [0.4, 0.5) is 4.79 Å². The Morgan fingerprint density at radius 2 is 2.08 bits per heavy atom. The number of imide groups is 1. The molecule has 1 aliphatic carbocycles. The first-order valence-electron chi connectivity index (χ1n) is 9.62. The molecule has 0 unspecified atom stereocenters. The normalized spacial score (nSPS) is 33.2. The molecular weight excluding hydrogens is 338 g/mol. The first kappa shape index (κ1) is 19.1. The summed E-state index contributed by atoms with van der Waals surface area (Å²) in [7, 11) is 0. The minimum atomic E-state index is -0.864. The van der Waals surface area contributed by atoms with E-state index < -0.39 is 23.6 Å². The lowest BCUT2D eigenvalue weighted by Gasteiger charge is -2.33. The highest BCUT2D eigenvalue weighted by molar-refractivity contribution is 6.08. The maximum Gasteiger partial charge on any atom is 0.344 e. The fourth-order valence-electron chi connectivity index (χ4n) is 3.78. The zero-order valence-electron chi connectivity index (χ0n) is 15.6. The molecular formula is C18H29N3O5. The van der Waals surface area contributed by atoms with Crippen molar-refractivity contribution in [3.63, 3.8) is 0 Å². The Morgan fingerprint density at radius 3 is 2.73 bits per heavy atom. The van der Waals surface area contributed by atoms with E-state index in [-0.39, 0.29) is 12.0 Å². The second kappa shape index (κ2) is 7.92. The molecule has 0 aromatic carbocycles. The fourth-order valence-corrected chi connectivity index (χ4v) is 3.78. The summed E-state index contributed by atoms with van der Waals surface area (Å²) < 4.78 is 11.1. The van der Waals surface area contributed by atoms with Gasteiger partial charge in [0.2, 0.25) is 0 Å². The van der Waals surface area contributed by atoms with Gasteiger partial charge in [-0.2, -0.15) is 5.01 Å². The van der Waals surface area contributed by atoms with Gasteiger partial charge in [0, 0.05) is 6.61 Å². The average Bonchev–Trinajstić information content (AvgIpc) is 2.87. The third kappa shape index (κ3) is 4.01. The highest BCUT2D eigenvalue weighted by atomic mass is 16.5. The predicted molar refractivity (Wildman–Crippen MR) is 92.9 cm³/mol. The lowest BCUT2D eigenvalue weighted by Crippen LogP contribution is -2.53. The van der Waals surface area contributed by atoms with Gasteiger partial charge in [-0.05, 0) is 57.8 Å². The second-order valence-electron chi connectivity index (χ2n) is 7.78. The summed E-state index contributed by atoms with van der Waals surface area (Å²) in [5, 5.41) is 3.59. The highest BCUT2D eigenvalue weighted by Crippen LogP contribution is 2.35. The van der Waals surface area contributed by atoms with Gasteiger partial charge < -0.3 is 14.8 Å². The van der Waals surface area contributed by atoms with E-state index in [2.05, 4.69) is 17.7 Å². The smallest absolute Gasteiger partial charge is 0.344 e. The molecule has 0 bridgehead atoms. The molecule has 8 heteroatoms. The van der Waals surface area contributed by atoms with E-state index in [0.717, 1.165) is 43.7 Å². The first-order valence-corrected chi connectivity index (χ1v) is 9.62. The number of hydrazine groups is 1. The number of hydrogen-bond acceptors (Lipinski definition) is 5. The standard InChI is InChI=1S/C18H29N3O5/c1-12-6-8-18(9-7-12)16(23)21(17(24)19-18)20-15(22)13(2)26-11-14-5-3-4-10-25-14/h12-14H,3-11H2,1-2H3,(H,19,24)(H,20,22)/t12?,13-,14-,18?/m1/s1. The van der Waals surface area contributed by atoms with Crippen LogP contribution in [0.2, 0.25) is 0 Å². The number of nitrogens with zero attached hydrogens (tertiary/aromatic N) is 1. The number of rotatable bonds is 5. The Kier molecular flexibility index (Phi) is 5.82. The van der Waals surface area contributed by atoms with Crippen molar-refractivity contribution < 1.29 is 23.9 Å². The van der Waals surface area contributed by atoms with E-state index in [1.54, 1.807) is 6.92 Å². The molecule has 26 heavy (non-hydrogen) atoms. The van der Waals surface area contributed by atoms with Crippen molar-refractivity contribution in [3.8, 4) is 0 Å². The maximum atomic E-state index is 12.7. The van der Waals surface area contributed by atoms with Crippen LogP contribution in [0, 0.1) is 5.92 Å². The van der Waals surface area contributed by atoms with E-state index >= 15 is 0 Å². The number of nitrogens with one attached hydrogen (secondary N) is 2. The van der Waals surface area contributed by atoms with E-state index in [1.165, 1.54) is 0 Å². The molecule has 3 rings (SSSR count). The van der Waals surface area contributed by atoms with Crippen molar-refractivity contribution in [2.75, 3.05) is 13.2 Å². The highest BCUT2D eigenvalue weighted by Gasteiger charge is 2.53. The molecule has 0 aromatic heterocycles.